The zero-order valence-electron chi connectivity index (χ0n) is 14.0. The van der Waals surface area contributed by atoms with E-state index in [1.807, 2.05) is 6.07 Å². The van der Waals surface area contributed by atoms with Gasteiger partial charge in [-0.25, -0.2) is 0 Å². The number of carbonyl (C=O) groups excluding carboxylic acids is 2. The van der Waals surface area contributed by atoms with Gasteiger partial charge in [-0.3, -0.25) is 14.6 Å². The molecule has 128 valence electrons. The molecular formula is C20H15N3O3. The molecule has 0 unspecified atom stereocenters. The summed E-state index contributed by atoms with van der Waals surface area (Å²) in [4.78, 5) is 29.2. The Kier molecular flexibility index (Phi) is 4.90. The van der Waals surface area contributed by atoms with Crippen LogP contribution in [0.4, 0.5) is 5.69 Å². The highest BCUT2D eigenvalue weighted by Gasteiger charge is 2.28. The average molecular weight is 345 g/mol. The molecule has 0 aliphatic rings. The normalized spacial score (nSPS) is 11.4. The lowest BCUT2D eigenvalue weighted by Gasteiger charge is -2.11. The summed E-state index contributed by atoms with van der Waals surface area (Å²) in [5.41, 5.74) is 1.47. The fraction of sp³-hybridized carbons (Fsp3) is 0.100. The first-order valence-corrected chi connectivity index (χ1v) is 7.86. The van der Waals surface area contributed by atoms with Crippen molar-refractivity contribution in [3.63, 3.8) is 0 Å². The first-order chi connectivity index (χ1) is 12.6. The molecule has 26 heavy (non-hydrogen) atoms. The summed E-state index contributed by atoms with van der Waals surface area (Å²) in [5.74, 6) is -2.13. The van der Waals surface area contributed by atoms with Crippen LogP contribution in [0.25, 0.3) is 10.9 Å². The number of aromatic nitrogens is 1. The Morgan fingerprint density at radius 1 is 1.15 bits per heavy atom. The Balaban J connectivity index is 1.83. The van der Waals surface area contributed by atoms with E-state index in [0.29, 0.717) is 11.4 Å². The van der Waals surface area contributed by atoms with Gasteiger partial charge in [0.05, 0.1) is 18.7 Å². The highest BCUT2D eigenvalue weighted by molar-refractivity contribution is 6.16. The van der Waals surface area contributed by atoms with Crippen LogP contribution in [0.15, 0.2) is 60.8 Å². The van der Waals surface area contributed by atoms with E-state index in [4.69, 9.17) is 4.74 Å². The molecule has 0 saturated heterocycles. The molecule has 6 heteroatoms. The number of nitrogens with zero attached hydrogens (tertiary/aromatic N) is 2. The molecule has 0 bridgehead atoms. The van der Waals surface area contributed by atoms with Gasteiger partial charge in [0.1, 0.15) is 5.75 Å². The second-order valence-corrected chi connectivity index (χ2v) is 5.56. The molecule has 0 aliphatic heterocycles. The number of carbonyl (C=O) groups is 2. The monoisotopic (exact) mass is 345 g/mol. The van der Waals surface area contributed by atoms with Gasteiger partial charge < -0.3 is 10.1 Å². The minimum absolute atomic E-state index is 0.290. The largest absolute Gasteiger partial charge is 0.497 e. The second-order valence-electron chi connectivity index (χ2n) is 5.56. The number of anilines is 1. The van der Waals surface area contributed by atoms with Gasteiger partial charge >= 0.3 is 0 Å². The van der Waals surface area contributed by atoms with E-state index in [-0.39, 0.29) is 5.56 Å². The lowest BCUT2D eigenvalue weighted by atomic mass is 9.96. The van der Waals surface area contributed by atoms with E-state index in [2.05, 4.69) is 10.3 Å². The van der Waals surface area contributed by atoms with Crippen LogP contribution >= 0.6 is 0 Å². The number of amides is 1. The van der Waals surface area contributed by atoms with Gasteiger partial charge in [-0.2, -0.15) is 5.26 Å². The van der Waals surface area contributed by atoms with Crippen molar-refractivity contribution in [3.8, 4) is 11.8 Å². The number of ketones is 1. The van der Waals surface area contributed by atoms with Crippen molar-refractivity contribution in [3.05, 3.63) is 66.4 Å². The number of Topliss-reactive ketones (excluding diaryl/α,β-unsaturated/α-hetero) is 1. The smallest absolute Gasteiger partial charge is 0.249 e. The second kappa shape index (κ2) is 7.45. The van der Waals surface area contributed by atoms with Crippen molar-refractivity contribution in [1.82, 2.24) is 4.98 Å². The summed E-state index contributed by atoms with van der Waals surface area (Å²) in [7, 11) is 1.51. The average Bonchev–Trinajstić information content (AvgIpc) is 2.68. The number of ether oxygens (including phenoxy) is 1. The summed E-state index contributed by atoms with van der Waals surface area (Å²) in [6, 6.07) is 17.0. The number of nitrogens with one attached hydrogen (secondary N) is 1. The molecule has 1 amide bonds. The fourth-order valence-electron chi connectivity index (χ4n) is 2.55. The number of fused-ring (bicyclic) bond motifs is 1. The van der Waals surface area contributed by atoms with Crippen molar-refractivity contribution in [1.29, 1.82) is 5.26 Å². The van der Waals surface area contributed by atoms with Gasteiger partial charge in [-0.05, 0) is 36.4 Å². The van der Waals surface area contributed by atoms with Crippen molar-refractivity contribution in [2.24, 2.45) is 5.92 Å². The zero-order chi connectivity index (χ0) is 18.5. The van der Waals surface area contributed by atoms with E-state index in [9.17, 15) is 14.9 Å². The Labute approximate surface area is 150 Å². The van der Waals surface area contributed by atoms with Crippen LogP contribution in [-0.4, -0.2) is 23.8 Å². The topological polar surface area (TPSA) is 92.1 Å². The number of nitriles is 1. The Morgan fingerprint density at radius 3 is 2.77 bits per heavy atom. The minimum atomic E-state index is -1.45. The van der Waals surface area contributed by atoms with Crippen LogP contribution in [0.3, 0.4) is 0 Å². The predicted octanol–water partition coefficient (Wildman–Crippen LogP) is 3.20. The molecule has 1 N–H and O–H groups in total. The SMILES string of the molecule is COc1cccc(NC(=O)[C@H](C#N)C(=O)c2ccc3ncccc3c2)c1. The quantitative estimate of drug-likeness (QED) is 0.566. The van der Waals surface area contributed by atoms with E-state index in [0.717, 1.165) is 10.9 Å². The number of hydrogen-bond donors (Lipinski definition) is 1. The van der Waals surface area contributed by atoms with Gasteiger partial charge in [-0.15, -0.1) is 0 Å². The highest BCUT2D eigenvalue weighted by atomic mass is 16.5. The predicted molar refractivity (Wildman–Crippen MR) is 96.8 cm³/mol. The summed E-state index contributed by atoms with van der Waals surface area (Å²) in [6.07, 6.45) is 1.66. The van der Waals surface area contributed by atoms with Crippen molar-refractivity contribution in [2.45, 2.75) is 0 Å². The van der Waals surface area contributed by atoms with Crippen molar-refractivity contribution in [2.75, 3.05) is 12.4 Å². The molecule has 3 aromatic rings. The standard InChI is InChI=1S/C20H15N3O3/c1-26-16-6-2-5-15(11-16)23-20(25)17(12-21)19(24)14-7-8-18-13(10-14)4-3-9-22-18/h2-11,17H,1H3,(H,23,25)/t17-/m1/s1. The highest BCUT2D eigenvalue weighted by Crippen LogP contribution is 2.20. The van der Waals surface area contributed by atoms with Gasteiger partial charge in [0.15, 0.2) is 11.7 Å². The molecule has 0 saturated carbocycles. The molecule has 0 fully saturated rings. The summed E-state index contributed by atoms with van der Waals surface area (Å²) in [6.45, 7) is 0. The lowest BCUT2D eigenvalue weighted by molar-refractivity contribution is -0.117. The lowest BCUT2D eigenvalue weighted by Crippen LogP contribution is -2.28. The zero-order valence-corrected chi connectivity index (χ0v) is 14.0. The third-order valence-corrected chi connectivity index (χ3v) is 3.88. The number of hydrogen-bond acceptors (Lipinski definition) is 5. The number of methoxy groups -OCH3 is 1. The van der Waals surface area contributed by atoms with Gasteiger partial charge in [0, 0.05) is 28.9 Å². The van der Waals surface area contributed by atoms with E-state index >= 15 is 0 Å². The third kappa shape index (κ3) is 3.52. The molecule has 1 atom stereocenters. The Morgan fingerprint density at radius 2 is 2.00 bits per heavy atom. The van der Waals surface area contributed by atoms with E-state index < -0.39 is 17.6 Å². The van der Waals surface area contributed by atoms with Crippen LogP contribution in [0.2, 0.25) is 0 Å². The van der Waals surface area contributed by atoms with Crippen LogP contribution in [-0.2, 0) is 4.79 Å². The first-order valence-electron chi connectivity index (χ1n) is 7.86. The maximum atomic E-state index is 12.6. The van der Waals surface area contributed by atoms with Crippen molar-refractivity contribution >= 4 is 28.3 Å². The van der Waals surface area contributed by atoms with Crippen LogP contribution in [0, 0.1) is 17.2 Å². The molecule has 2 aromatic carbocycles. The molecule has 0 aliphatic carbocycles. The van der Waals surface area contributed by atoms with E-state index in [1.165, 1.54) is 7.11 Å². The molecule has 1 heterocycles. The van der Waals surface area contributed by atoms with Crippen molar-refractivity contribution < 1.29 is 14.3 Å². The molecule has 1 aromatic heterocycles. The molecule has 0 spiro atoms. The maximum absolute atomic E-state index is 12.6. The fourth-order valence-corrected chi connectivity index (χ4v) is 2.55. The number of benzene rings is 2. The third-order valence-electron chi connectivity index (χ3n) is 3.88. The van der Waals surface area contributed by atoms with Crippen LogP contribution in [0.5, 0.6) is 5.75 Å². The Bertz CT molecular complexity index is 1020. The maximum Gasteiger partial charge on any atom is 0.249 e. The molecule has 3 rings (SSSR count). The number of rotatable bonds is 5. The van der Waals surface area contributed by atoms with E-state index in [1.54, 1.807) is 60.8 Å². The first kappa shape index (κ1) is 17.1. The van der Waals surface area contributed by atoms with Crippen LogP contribution < -0.4 is 10.1 Å². The Hall–Kier alpha value is -3.72. The van der Waals surface area contributed by atoms with Gasteiger partial charge in [-0.1, -0.05) is 12.1 Å². The molecular weight excluding hydrogens is 330 g/mol. The summed E-state index contributed by atoms with van der Waals surface area (Å²) >= 11 is 0. The molecule has 0 radical (unpaired) electrons. The number of pyridine rings is 1. The summed E-state index contributed by atoms with van der Waals surface area (Å²) < 4.78 is 5.09. The minimum Gasteiger partial charge on any atom is -0.497 e. The summed E-state index contributed by atoms with van der Waals surface area (Å²) in [5, 5.41) is 12.7. The van der Waals surface area contributed by atoms with Crippen LogP contribution in [0.1, 0.15) is 10.4 Å². The van der Waals surface area contributed by atoms with Gasteiger partial charge in [0.25, 0.3) is 0 Å². The molecule has 6 nitrogen and oxygen atoms in total. The van der Waals surface area contributed by atoms with Gasteiger partial charge in [0.2, 0.25) is 5.91 Å².